The first-order valence-electron chi connectivity index (χ1n) is 5.69. The van der Waals surface area contributed by atoms with E-state index in [1.54, 1.807) is 30.3 Å². The molecule has 0 saturated carbocycles. The van der Waals surface area contributed by atoms with Crippen molar-refractivity contribution in [3.8, 4) is 0 Å². The van der Waals surface area contributed by atoms with Crippen LogP contribution in [-0.2, 0) is 0 Å². The van der Waals surface area contributed by atoms with Crippen LogP contribution in [0.5, 0.6) is 0 Å². The minimum absolute atomic E-state index is 0.256. The number of benzene rings is 2. The Hall–Kier alpha value is -1.29. The van der Waals surface area contributed by atoms with Crippen molar-refractivity contribution in [1.29, 1.82) is 0 Å². The summed E-state index contributed by atoms with van der Waals surface area (Å²) in [4.78, 5) is 0. The van der Waals surface area contributed by atoms with Gasteiger partial charge in [-0.1, -0.05) is 35.3 Å². The lowest BCUT2D eigenvalue weighted by Crippen LogP contribution is -2.12. The molecule has 2 rings (SSSR count). The third kappa shape index (κ3) is 3.83. The second kappa shape index (κ2) is 6.24. The molecule has 0 fully saturated rings. The van der Waals surface area contributed by atoms with Gasteiger partial charge in [-0.15, -0.1) is 0 Å². The Morgan fingerprint density at radius 1 is 1.11 bits per heavy atom. The first-order valence-corrected chi connectivity index (χ1v) is 6.44. The molecule has 5 heteroatoms. The number of aliphatic hydroxyl groups is 1. The summed E-state index contributed by atoms with van der Waals surface area (Å²) >= 11 is 11.9. The zero-order chi connectivity index (χ0) is 13.8. The summed E-state index contributed by atoms with van der Waals surface area (Å²) < 4.78 is 12.8. The van der Waals surface area contributed by atoms with Gasteiger partial charge in [-0.3, -0.25) is 0 Å². The zero-order valence-corrected chi connectivity index (χ0v) is 11.4. The lowest BCUT2D eigenvalue weighted by atomic mass is 10.1. The van der Waals surface area contributed by atoms with Crippen LogP contribution in [0.25, 0.3) is 0 Å². The molecule has 0 aliphatic carbocycles. The SMILES string of the molecule is OC(CNc1cc(Cl)ccc1Cl)c1ccc(F)cc1. The van der Waals surface area contributed by atoms with Gasteiger partial charge in [0.2, 0.25) is 0 Å². The van der Waals surface area contributed by atoms with E-state index in [2.05, 4.69) is 5.32 Å². The van der Waals surface area contributed by atoms with Gasteiger partial charge in [-0.25, -0.2) is 4.39 Å². The molecule has 0 amide bonds. The van der Waals surface area contributed by atoms with Gasteiger partial charge >= 0.3 is 0 Å². The van der Waals surface area contributed by atoms with Crippen LogP contribution in [0.2, 0.25) is 10.0 Å². The molecule has 2 aromatic rings. The van der Waals surface area contributed by atoms with E-state index in [4.69, 9.17) is 23.2 Å². The largest absolute Gasteiger partial charge is 0.387 e. The molecule has 0 aromatic heterocycles. The molecular weight excluding hydrogens is 288 g/mol. The van der Waals surface area contributed by atoms with E-state index < -0.39 is 6.10 Å². The van der Waals surface area contributed by atoms with E-state index >= 15 is 0 Å². The normalized spacial score (nSPS) is 12.2. The molecule has 100 valence electrons. The molecule has 0 aliphatic heterocycles. The number of aliphatic hydroxyl groups excluding tert-OH is 1. The fourth-order valence-corrected chi connectivity index (χ4v) is 2.00. The van der Waals surface area contributed by atoms with Crippen LogP contribution in [0.3, 0.4) is 0 Å². The lowest BCUT2D eigenvalue weighted by Gasteiger charge is -2.14. The van der Waals surface area contributed by atoms with Crippen LogP contribution in [0.15, 0.2) is 42.5 Å². The van der Waals surface area contributed by atoms with Crippen LogP contribution in [0.4, 0.5) is 10.1 Å². The highest BCUT2D eigenvalue weighted by molar-refractivity contribution is 6.35. The Labute approximate surface area is 120 Å². The maximum Gasteiger partial charge on any atom is 0.123 e. The van der Waals surface area contributed by atoms with Gasteiger partial charge in [-0.2, -0.15) is 0 Å². The van der Waals surface area contributed by atoms with Gasteiger partial charge in [0.05, 0.1) is 16.8 Å². The molecule has 2 N–H and O–H groups in total. The summed E-state index contributed by atoms with van der Waals surface area (Å²) in [7, 11) is 0. The second-order valence-corrected chi connectivity index (χ2v) is 4.92. The van der Waals surface area contributed by atoms with Crippen molar-refractivity contribution in [2.75, 3.05) is 11.9 Å². The van der Waals surface area contributed by atoms with Crippen LogP contribution in [-0.4, -0.2) is 11.7 Å². The molecule has 1 unspecified atom stereocenters. The molecule has 0 spiro atoms. The van der Waals surface area contributed by atoms with Gasteiger partial charge in [0.25, 0.3) is 0 Å². The topological polar surface area (TPSA) is 32.3 Å². The highest BCUT2D eigenvalue weighted by Gasteiger charge is 2.08. The molecule has 1 atom stereocenters. The Kier molecular flexibility index (Phi) is 4.64. The summed E-state index contributed by atoms with van der Waals surface area (Å²) in [5.41, 5.74) is 1.28. The van der Waals surface area contributed by atoms with Gasteiger partial charge < -0.3 is 10.4 Å². The summed E-state index contributed by atoms with van der Waals surface area (Å²) in [6.07, 6.45) is -0.754. The first-order chi connectivity index (χ1) is 9.06. The number of hydrogen-bond acceptors (Lipinski definition) is 2. The van der Waals surface area contributed by atoms with Crippen molar-refractivity contribution in [1.82, 2.24) is 0 Å². The van der Waals surface area contributed by atoms with Crippen molar-refractivity contribution in [2.45, 2.75) is 6.10 Å². The lowest BCUT2D eigenvalue weighted by molar-refractivity contribution is 0.191. The monoisotopic (exact) mass is 299 g/mol. The molecule has 2 aromatic carbocycles. The summed E-state index contributed by atoms with van der Waals surface area (Å²) in [5, 5.41) is 14.1. The Morgan fingerprint density at radius 3 is 2.47 bits per heavy atom. The van der Waals surface area contributed by atoms with E-state index in [9.17, 15) is 9.50 Å². The molecule has 0 radical (unpaired) electrons. The first kappa shape index (κ1) is 14.1. The van der Waals surface area contributed by atoms with Crippen molar-refractivity contribution < 1.29 is 9.50 Å². The quantitative estimate of drug-likeness (QED) is 0.883. The van der Waals surface area contributed by atoms with Gasteiger partial charge in [0.1, 0.15) is 5.82 Å². The fraction of sp³-hybridized carbons (Fsp3) is 0.143. The minimum Gasteiger partial charge on any atom is -0.387 e. The van der Waals surface area contributed by atoms with Gasteiger partial charge in [0, 0.05) is 11.6 Å². The van der Waals surface area contributed by atoms with Crippen LogP contribution >= 0.6 is 23.2 Å². The number of hydrogen-bond donors (Lipinski definition) is 2. The second-order valence-electron chi connectivity index (χ2n) is 4.07. The molecule has 0 bridgehead atoms. The number of rotatable bonds is 4. The molecule has 0 aliphatic rings. The predicted molar refractivity (Wildman–Crippen MR) is 76.3 cm³/mol. The fourth-order valence-electron chi connectivity index (χ4n) is 1.64. The van der Waals surface area contributed by atoms with Gasteiger partial charge in [0.15, 0.2) is 0 Å². The van der Waals surface area contributed by atoms with E-state index in [0.717, 1.165) is 0 Å². The Bertz CT molecular complexity index is 560. The number of nitrogens with one attached hydrogen (secondary N) is 1. The van der Waals surface area contributed by atoms with Crippen molar-refractivity contribution in [2.24, 2.45) is 0 Å². The molecule has 0 saturated heterocycles. The van der Waals surface area contributed by atoms with Crippen molar-refractivity contribution in [3.63, 3.8) is 0 Å². The van der Waals surface area contributed by atoms with E-state index in [0.29, 0.717) is 21.3 Å². The van der Waals surface area contributed by atoms with Crippen LogP contribution in [0.1, 0.15) is 11.7 Å². The highest BCUT2D eigenvalue weighted by atomic mass is 35.5. The van der Waals surface area contributed by atoms with Crippen LogP contribution < -0.4 is 5.32 Å². The Morgan fingerprint density at radius 2 is 1.79 bits per heavy atom. The minimum atomic E-state index is -0.754. The standard InChI is InChI=1S/C14H12Cl2FNO/c15-10-3-6-12(16)13(7-10)18-8-14(19)9-1-4-11(17)5-2-9/h1-7,14,18-19H,8H2. The van der Waals surface area contributed by atoms with E-state index in [1.807, 2.05) is 0 Å². The Balaban J connectivity index is 2.02. The number of halogens is 3. The molecule has 2 nitrogen and oxygen atoms in total. The van der Waals surface area contributed by atoms with Crippen molar-refractivity contribution >= 4 is 28.9 Å². The molecular formula is C14H12Cl2FNO. The zero-order valence-electron chi connectivity index (χ0n) is 9.91. The third-order valence-corrected chi connectivity index (χ3v) is 3.23. The van der Waals surface area contributed by atoms with E-state index in [-0.39, 0.29) is 12.4 Å². The predicted octanol–water partition coefficient (Wildman–Crippen LogP) is 4.28. The summed E-state index contributed by atoms with van der Waals surface area (Å²) in [6.45, 7) is 0.256. The van der Waals surface area contributed by atoms with Gasteiger partial charge in [-0.05, 0) is 35.9 Å². The summed E-state index contributed by atoms with van der Waals surface area (Å²) in [5.74, 6) is -0.332. The smallest absolute Gasteiger partial charge is 0.123 e. The third-order valence-electron chi connectivity index (χ3n) is 2.67. The summed E-state index contributed by atoms with van der Waals surface area (Å²) in [6, 6.07) is 10.8. The highest BCUT2D eigenvalue weighted by Crippen LogP contribution is 2.26. The molecule has 19 heavy (non-hydrogen) atoms. The average Bonchev–Trinajstić information content (AvgIpc) is 2.40. The number of anilines is 1. The van der Waals surface area contributed by atoms with Crippen molar-refractivity contribution in [3.05, 3.63) is 63.9 Å². The maximum absolute atomic E-state index is 12.8. The maximum atomic E-state index is 12.8. The van der Waals surface area contributed by atoms with E-state index in [1.165, 1.54) is 12.1 Å². The average molecular weight is 300 g/mol. The van der Waals surface area contributed by atoms with Crippen LogP contribution in [0, 0.1) is 5.82 Å². The molecule has 0 heterocycles.